The van der Waals surface area contributed by atoms with E-state index >= 15 is 0 Å². The Morgan fingerprint density at radius 2 is 1.77 bits per heavy atom. The highest BCUT2D eigenvalue weighted by Crippen LogP contribution is 2.26. The topological polar surface area (TPSA) is 56.1 Å². The largest absolute Gasteiger partial charge is 0.378 e. The minimum Gasteiger partial charge on any atom is -0.378 e. The van der Waals surface area contributed by atoms with Crippen LogP contribution in [0.4, 0.5) is 5.95 Å². The molecule has 134 valence electrons. The van der Waals surface area contributed by atoms with Crippen LogP contribution in [0.5, 0.6) is 0 Å². The lowest BCUT2D eigenvalue weighted by molar-refractivity contribution is 0.121. The molecule has 3 heterocycles. The summed E-state index contributed by atoms with van der Waals surface area (Å²) in [6, 6.07) is 16.4. The van der Waals surface area contributed by atoms with Crippen molar-refractivity contribution in [1.29, 1.82) is 0 Å². The molecule has 1 aromatic carbocycles. The Hall–Kier alpha value is -2.38. The van der Waals surface area contributed by atoms with E-state index in [2.05, 4.69) is 48.9 Å². The SMILES string of the molecule is c1ccc(Cn2c(SCc3ccccn3)nnc2N2CCOCC2)cc1. The van der Waals surface area contributed by atoms with Gasteiger partial charge in [-0.2, -0.15) is 0 Å². The summed E-state index contributed by atoms with van der Waals surface area (Å²) in [7, 11) is 0. The monoisotopic (exact) mass is 367 g/mol. The Bertz CT molecular complexity index is 818. The minimum absolute atomic E-state index is 0.731. The van der Waals surface area contributed by atoms with Gasteiger partial charge in [-0.1, -0.05) is 48.2 Å². The number of aromatic nitrogens is 4. The number of pyridine rings is 1. The Balaban J connectivity index is 1.58. The highest BCUT2D eigenvalue weighted by molar-refractivity contribution is 7.98. The van der Waals surface area contributed by atoms with Gasteiger partial charge in [-0.25, -0.2) is 0 Å². The number of rotatable bonds is 6. The molecule has 0 aliphatic carbocycles. The van der Waals surface area contributed by atoms with E-state index in [9.17, 15) is 0 Å². The molecular weight excluding hydrogens is 346 g/mol. The van der Waals surface area contributed by atoms with Crippen LogP contribution >= 0.6 is 11.8 Å². The third-order valence-electron chi connectivity index (χ3n) is 4.25. The van der Waals surface area contributed by atoms with E-state index in [1.807, 2.05) is 30.5 Å². The van der Waals surface area contributed by atoms with Crippen molar-refractivity contribution >= 4 is 17.7 Å². The van der Waals surface area contributed by atoms with E-state index in [1.165, 1.54) is 5.56 Å². The van der Waals surface area contributed by atoms with Gasteiger partial charge in [0.05, 0.1) is 25.5 Å². The molecule has 0 radical (unpaired) electrons. The lowest BCUT2D eigenvalue weighted by atomic mass is 10.2. The maximum atomic E-state index is 5.48. The number of benzene rings is 1. The zero-order valence-electron chi connectivity index (χ0n) is 14.5. The van der Waals surface area contributed by atoms with Gasteiger partial charge in [-0.15, -0.1) is 10.2 Å². The number of ether oxygens (including phenoxy) is 1. The van der Waals surface area contributed by atoms with Gasteiger partial charge in [-0.05, 0) is 17.7 Å². The second-order valence-electron chi connectivity index (χ2n) is 6.06. The Morgan fingerprint density at radius 1 is 0.962 bits per heavy atom. The van der Waals surface area contributed by atoms with E-state index in [1.54, 1.807) is 11.8 Å². The maximum absolute atomic E-state index is 5.48. The van der Waals surface area contributed by atoms with E-state index in [0.717, 1.165) is 55.4 Å². The molecule has 7 heteroatoms. The van der Waals surface area contributed by atoms with Crippen LogP contribution < -0.4 is 4.90 Å². The highest BCUT2D eigenvalue weighted by Gasteiger charge is 2.21. The second kappa shape index (κ2) is 8.33. The molecular formula is C19H21N5OS. The molecule has 0 unspecified atom stereocenters. The molecule has 0 N–H and O–H groups in total. The highest BCUT2D eigenvalue weighted by atomic mass is 32.2. The summed E-state index contributed by atoms with van der Waals surface area (Å²) in [5.74, 6) is 1.69. The fraction of sp³-hybridized carbons (Fsp3) is 0.316. The minimum atomic E-state index is 0.731. The molecule has 0 bridgehead atoms. The maximum Gasteiger partial charge on any atom is 0.228 e. The fourth-order valence-electron chi connectivity index (χ4n) is 2.91. The summed E-state index contributed by atoms with van der Waals surface area (Å²) >= 11 is 1.67. The summed E-state index contributed by atoms with van der Waals surface area (Å²) in [6.45, 7) is 3.91. The molecule has 3 aromatic rings. The molecule has 6 nitrogen and oxygen atoms in total. The van der Waals surface area contributed by atoms with Gasteiger partial charge in [0.25, 0.3) is 0 Å². The number of thioether (sulfide) groups is 1. The van der Waals surface area contributed by atoms with Crippen LogP contribution in [0.1, 0.15) is 11.3 Å². The first-order valence-electron chi connectivity index (χ1n) is 8.73. The number of morpholine rings is 1. The third-order valence-corrected chi connectivity index (χ3v) is 5.25. The average molecular weight is 367 g/mol. The van der Waals surface area contributed by atoms with Gasteiger partial charge in [0.2, 0.25) is 5.95 Å². The normalized spacial score (nSPS) is 14.5. The summed E-state index contributed by atoms with van der Waals surface area (Å²) in [6.07, 6.45) is 1.82. The predicted molar refractivity (Wildman–Crippen MR) is 102 cm³/mol. The molecule has 0 saturated carbocycles. The Morgan fingerprint density at radius 3 is 2.54 bits per heavy atom. The van der Waals surface area contributed by atoms with Gasteiger partial charge in [0.1, 0.15) is 0 Å². The van der Waals surface area contributed by atoms with E-state index in [-0.39, 0.29) is 0 Å². The molecule has 1 aliphatic rings. The van der Waals surface area contributed by atoms with Crippen molar-refractivity contribution in [3.63, 3.8) is 0 Å². The van der Waals surface area contributed by atoms with Crippen molar-refractivity contribution in [1.82, 2.24) is 19.7 Å². The van der Waals surface area contributed by atoms with Gasteiger partial charge >= 0.3 is 0 Å². The number of nitrogens with zero attached hydrogens (tertiary/aromatic N) is 5. The molecule has 0 spiro atoms. The molecule has 26 heavy (non-hydrogen) atoms. The molecule has 0 amide bonds. The van der Waals surface area contributed by atoms with Crippen LogP contribution in [0.15, 0.2) is 59.9 Å². The van der Waals surface area contributed by atoms with Gasteiger partial charge in [0.15, 0.2) is 5.16 Å². The van der Waals surface area contributed by atoms with Crippen molar-refractivity contribution in [3.8, 4) is 0 Å². The molecule has 1 fully saturated rings. The van der Waals surface area contributed by atoms with Crippen molar-refractivity contribution in [3.05, 3.63) is 66.0 Å². The molecule has 1 saturated heterocycles. The zero-order valence-corrected chi connectivity index (χ0v) is 15.3. The molecule has 0 atom stereocenters. The van der Waals surface area contributed by atoms with Crippen molar-refractivity contribution in [2.24, 2.45) is 0 Å². The quantitative estimate of drug-likeness (QED) is 0.625. The molecule has 4 rings (SSSR count). The summed E-state index contributed by atoms with van der Waals surface area (Å²) in [5, 5.41) is 9.88. The van der Waals surface area contributed by atoms with Crippen molar-refractivity contribution in [2.45, 2.75) is 17.5 Å². The summed E-state index contributed by atoms with van der Waals surface area (Å²) in [5.41, 5.74) is 2.28. The predicted octanol–water partition coefficient (Wildman–Crippen LogP) is 2.85. The number of anilines is 1. The standard InChI is InChI=1S/C19H21N5OS/c1-2-6-16(7-3-1)14-24-18(23-10-12-25-13-11-23)21-22-19(24)26-15-17-8-4-5-9-20-17/h1-9H,10-15H2. The lowest BCUT2D eigenvalue weighted by Crippen LogP contribution is -2.38. The van der Waals surface area contributed by atoms with Gasteiger partial charge in [0, 0.05) is 25.0 Å². The Kier molecular flexibility index (Phi) is 5.47. The van der Waals surface area contributed by atoms with Crippen LogP contribution in [-0.4, -0.2) is 46.1 Å². The summed E-state index contributed by atoms with van der Waals surface area (Å²) < 4.78 is 7.68. The first-order valence-corrected chi connectivity index (χ1v) is 9.71. The fourth-order valence-corrected chi connectivity index (χ4v) is 3.76. The van der Waals surface area contributed by atoms with Crippen molar-refractivity contribution in [2.75, 3.05) is 31.2 Å². The first kappa shape index (κ1) is 17.1. The zero-order chi connectivity index (χ0) is 17.6. The third kappa shape index (κ3) is 4.05. The first-order chi connectivity index (χ1) is 12.9. The smallest absolute Gasteiger partial charge is 0.228 e. The summed E-state index contributed by atoms with van der Waals surface area (Å²) in [4.78, 5) is 6.65. The van der Waals surface area contributed by atoms with Gasteiger partial charge in [-0.3, -0.25) is 9.55 Å². The van der Waals surface area contributed by atoms with Crippen LogP contribution in [0.3, 0.4) is 0 Å². The Labute approximate surface area is 157 Å². The second-order valence-corrected chi connectivity index (χ2v) is 7.01. The average Bonchev–Trinajstić information content (AvgIpc) is 3.11. The van der Waals surface area contributed by atoms with Crippen LogP contribution in [-0.2, 0) is 17.0 Å². The lowest BCUT2D eigenvalue weighted by Gasteiger charge is -2.28. The molecule has 1 aliphatic heterocycles. The van der Waals surface area contributed by atoms with E-state index in [0.29, 0.717) is 0 Å². The van der Waals surface area contributed by atoms with E-state index < -0.39 is 0 Å². The van der Waals surface area contributed by atoms with Gasteiger partial charge < -0.3 is 9.64 Å². The van der Waals surface area contributed by atoms with E-state index in [4.69, 9.17) is 4.74 Å². The van der Waals surface area contributed by atoms with Crippen LogP contribution in [0, 0.1) is 0 Å². The van der Waals surface area contributed by atoms with Crippen LogP contribution in [0.2, 0.25) is 0 Å². The number of hydrogen-bond donors (Lipinski definition) is 0. The molecule has 2 aromatic heterocycles. The number of hydrogen-bond acceptors (Lipinski definition) is 6. The van der Waals surface area contributed by atoms with Crippen molar-refractivity contribution < 1.29 is 4.74 Å². The van der Waals surface area contributed by atoms with Crippen LogP contribution in [0.25, 0.3) is 0 Å².